The van der Waals surface area contributed by atoms with Crippen molar-refractivity contribution in [3.05, 3.63) is 23.0 Å². The van der Waals surface area contributed by atoms with Gasteiger partial charge in [0.05, 0.1) is 12.1 Å². The van der Waals surface area contributed by atoms with Crippen LogP contribution in [0.15, 0.2) is 11.6 Å². The number of amides is 1. The second-order valence-electron chi connectivity index (χ2n) is 3.01. The van der Waals surface area contributed by atoms with Crippen molar-refractivity contribution in [3.63, 3.8) is 0 Å². The lowest BCUT2D eigenvalue weighted by Gasteiger charge is -1.97. The minimum atomic E-state index is -0.198. The Kier molecular flexibility index (Phi) is 2.22. The molecule has 5 nitrogen and oxygen atoms in total. The second kappa shape index (κ2) is 3.39. The van der Waals surface area contributed by atoms with E-state index >= 15 is 0 Å². The number of aryl methyl sites for hydroxylation is 1. The van der Waals surface area contributed by atoms with Gasteiger partial charge in [-0.3, -0.25) is 14.6 Å². The molecule has 0 bridgehead atoms. The summed E-state index contributed by atoms with van der Waals surface area (Å²) in [5, 5.41) is 1.91. The van der Waals surface area contributed by atoms with Crippen molar-refractivity contribution in [3.8, 4) is 0 Å². The molecule has 0 aliphatic carbocycles. The number of hydrogen-bond donors (Lipinski definition) is 2. The van der Waals surface area contributed by atoms with Gasteiger partial charge in [0.25, 0.3) is 0 Å². The first-order chi connectivity index (χ1) is 6.70. The van der Waals surface area contributed by atoms with Crippen molar-refractivity contribution in [1.82, 2.24) is 14.8 Å². The number of imidazole rings is 1. The summed E-state index contributed by atoms with van der Waals surface area (Å²) >= 11 is 1.52. The summed E-state index contributed by atoms with van der Waals surface area (Å²) in [6.45, 7) is 1.92. The number of carbonyl (C=O) groups excluding carboxylic acids is 1. The summed E-state index contributed by atoms with van der Waals surface area (Å²) in [5.74, 6) is 4.82. The fraction of sp³-hybridized carbons (Fsp3) is 0.250. The highest BCUT2D eigenvalue weighted by molar-refractivity contribution is 7.15. The highest BCUT2D eigenvalue weighted by Gasteiger charge is 2.08. The van der Waals surface area contributed by atoms with Gasteiger partial charge in [0.15, 0.2) is 4.96 Å². The smallest absolute Gasteiger partial charge is 0.239 e. The molecule has 2 rings (SSSR count). The van der Waals surface area contributed by atoms with Gasteiger partial charge < -0.3 is 0 Å². The molecule has 1 amide bonds. The number of aromatic nitrogens is 2. The quantitative estimate of drug-likeness (QED) is 0.423. The van der Waals surface area contributed by atoms with E-state index in [9.17, 15) is 4.79 Å². The first-order valence-electron chi connectivity index (χ1n) is 4.12. The maximum atomic E-state index is 11.1. The number of fused-ring (bicyclic) bond motifs is 1. The first kappa shape index (κ1) is 9.17. The van der Waals surface area contributed by atoms with Crippen LogP contribution in [0.4, 0.5) is 0 Å². The van der Waals surface area contributed by atoms with Crippen LogP contribution in [0.25, 0.3) is 4.96 Å². The van der Waals surface area contributed by atoms with Gasteiger partial charge in [-0.2, -0.15) is 0 Å². The van der Waals surface area contributed by atoms with Crippen LogP contribution in [0.5, 0.6) is 0 Å². The van der Waals surface area contributed by atoms with E-state index in [4.69, 9.17) is 5.84 Å². The number of carbonyl (C=O) groups is 1. The molecule has 0 radical (unpaired) electrons. The molecule has 0 saturated heterocycles. The van der Waals surface area contributed by atoms with E-state index in [1.807, 2.05) is 22.9 Å². The van der Waals surface area contributed by atoms with Gasteiger partial charge in [0.2, 0.25) is 5.91 Å². The Labute approximate surface area is 84.5 Å². The zero-order valence-electron chi connectivity index (χ0n) is 7.65. The van der Waals surface area contributed by atoms with Gasteiger partial charge in [-0.15, -0.1) is 11.3 Å². The van der Waals surface area contributed by atoms with Gasteiger partial charge in [-0.25, -0.2) is 10.8 Å². The summed E-state index contributed by atoms with van der Waals surface area (Å²) in [7, 11) is 0. The van der Waals surface area contributed by atoms with Crippen molar-refractivity contribution in [2.45, 2.75) is 13.3 Å². The van der Waals surface area contributed by atoms with Crippen LogP contribution in [0, 0.1) is 6.92 Å². The number of nitrogens with two attached hydrogens (primary N) is 1. The third-order valence-corrected chi connectivity index (χ3v) is 2.80. The molecule has 2 aromatic heterocycles. The lowest BCUT2D eigenvalue weighted by atomic mass is 10.3. The average Bonchev–Trinajstić information content (AvgIpc) is 2.67. The number of nitrogens with zero attached hydrogens (tertiary/aromatic N) is 2. The molecule has 0 saturated carbocycles. The Balaban J connectivity index is 2.37. The molecular weight excluding hydrogens is 200 g/mol. The van der Waals surface area contributed by atoms with Gasteiger partial charge in [-0.05, 0) is 6.92 Å². The standard InChI is InChI=1S/C8H10N4OS/c1-5-3-12-6(2-7(13)11-9)4-14-8(12)10-5/h3-4H,2,9H2,1H3,(H,11,13). The predicted molar refractivity (Wildman–Crippen MR) is 53.8 cm³/mol. The largest absolute Gasteiger partial charge is 0.294 e. The molecule has 0 aliphatic heterocycles. The molecule has 0 spiro atoms. The summed E-state index contributed by atoms with van der Waals surface area (Å²) in [6, 6.07) is 0. The summed E-state index contributed by atoms with van der Waals surface area (Å²) in [5.41, 5.74) is 3.97. The minimum absolute atomic E-state index is 0.198. The third-order valence-electron chi connectivity index (χ3n) is 1.91. The number of thiazole rings is 1. The van der Waals surface area contributed by atoms with Crippen LogP contribution in [0.1, 0.15) is 11.4 Å². The normalized spacial score (nSPS) is 10.7. The fourth-order valence-electron chi connectivity index (χ4n) is 1.28. The molecule has 6 heteroatoms. The van der Waals surface area contributed by atoms with Gasteiger partial charge in [-0.1, -0.05) is 0 Å². The third kappa shape index (κ3) is 1.49. The van der Waals surface area contributed by atoms with Crippen LogP contribution in [0.3, 0.4) is 0 Å². The highest BCUT2D eigenvalue weighted by Crippen LogP contribution is 2.16. The Bertz CT molecular complexity index is 473. The van der Waals surface area contributed by atoms with E-state index in [1.54, 1.807) is 0 Å². The number of hydrazine groups is 1. The fourth-order valence-corrected chi connectivity index (χ4v) is 2.20. The van der Waals surface area contributed by atoms with E-state index < -0.39 is 0 Å². The SMILES string of the molecule is Cc1cn2c(CC(=O)NN)csc2n1. The minimum Gasteiger partial charge on any atom is -0.294 e. The molecule has 2 aromatic rings. The highest BCUT2D eigenvalue weighted by atomic mass is 32.1. The Morgan fingerprint density at radius 1 is 1.79 bits per heavy atom. The molecular formula is C8H10N4OS. The maximum absolute atomic E-state index is 11.1. The topological polar surface area (TPSA) is 72.4 Å². The summed E-state index contributed by atoms with van der Waals surface area (Å²) in [6.07, 6.45) is 2.19. The number of nitrogens with one attached hydrogen (secondary N) is 1. The molecule has 14 heavy (non-hydrogen) atoms. The Morgan fingerprint density at radius 2 is 2.57 bits per heavy atom. The van der Waals surface area contributed by atoms with Crippen LogP contribution in [-0.4, -0.2) is 15.3 Å². The van der Waals surface area contributed by atoms with Gasteiger partial charge in [0.1, 0.15) is 0 Å². The van der Waals surface area contributed by atoms with E-state index in [0.29, 0.717) is 0 Å². The lowest BCUT2D eigenvalue weighted by Crippen LogP contribution is -2.31. The average molecular weight is 210 g/mol. The van der Waals surface area contributed by atoms with E-state index in [1.165, 1.54) is 11.3 Å². The zero-order valence-corrected chi connectivity index (χ0v) is 8.47. The van der Waals surface area contributed by atoms with Crippen LogP contribution >= 0.6 is 11.3 Å². The Hall–Kier alpha value is -1.40. The summed E-state index contributed by atoms with van der Waals surface area (Å²) < 4.78 is 1.91. The van der Waals surface area contributed by atoms with Crippen molar-refractivity contribution in [1.29, 1.82) is 0 Å². The van der Waals surface area contributed by atoms with Crippen molar-refractivity contribution in [2.75, 3.05) is 0 Å². The Morgan fingerprint density at radius 3 is 3.29 bits per heavy atom. The van der Waals surface area contributed by atoms with Gasteiger partial charge >= 0.3 is 0 Å². The van der Waals surface area contributed by atoms with Crippen LogP contribution in [-0.2, 0) is 11.2 Å². The maximum Gasteiger partial charge on any atom is 0.239 e. The van der Waals surface area contributed by atoms with E-state index in [0.717, 1.165) is 16.3 Å². The van der Waals surface area contributed by atoms with E-state index in [-0.39, 0.29) is 12.3 Å². The molecule has 0 aromatic carbocycles. The monoisotopic (exact) mass is 210 g/mol. The zero-order chi connectivity index (χ0) is 10.1. The predicted octanol–water partition coefficient (Wildman–Crippen LogP) is 0.237. The van der Waals surface area contributed by atoms with Crippen molar-refractivity contribution < 1.29 is 4.79 Å². The molecule has 3 N–H and O–H groups in total. The molecule has 0 unspecified atom stereocenters. The van der Waals surface area contributed by atoms with Crippen molar-refractivity contribution in [2.24, 2.45) is 5.84 Å². The summed E-state index contributed by atoms with van der Waals surface area (Å²) in [4.78, 5) is 16.3. The van der Waals surface area contributed by atoms with Crippen LogP contribution in [0.2, 0.25) is 0 Å². The molecule has 0 atom stereocenters. The second-order valence-corrected chi connectivity index (χ2v) is 3.84. The van der Waals surface area contributed by atoms with Gasteiger partial charge in [0, 0.05) is 17.3 Å². The molecule has 0 fully saturated rings. The van der Waals surface area contributed by atoms with Crippen LogP contribution < -0.4 is 11.3 Å². The molecule has 74 valence electrons. The first-order valence-corrected chi connectivity index (χ1v) is 5.00. The molecule has 2 heterocycles. The number of hydrogen-bond acceptors (Lipinski definition) is 4. The number of rotatable bonds is 2. The van der Waals surface area contributed by atoms with E-state index in [2.05, 4.69) is 10.4 Å². The van der Waals surface area contributed by atoms with Crippen molar-refractivity contribution >= 4 is 22.2 Å². The lowest BCUT2D eigenvalue weighted by molar-refractivity contribution is -0.120. The molecule has 0 aliphatic rings.